The van der Waals surface area contributed by atoms with E-state index in [4.69, 9.17) is 31.4 Å². The highest BCUT2D eigenvalue weighted by atomic mass is 32.2. The Hall–Kier alpha value is -5.04. The summed E-state index contributed by atoms with van der Waals surface area (Å²) in [6.07, 6.45) is 1.93. The summed E-state index contributed by atoms with van der Waals surface area (Å²) in [6, 6.07) is 15.2. The molecule has 0 radical (unpaired) electrons. The minimum Gasteiger partial charge on any atom is -0.493 e. The van der Waals surface area contributed by atoms with Crippen molar-refractivity contribution in [1.29, 1.82) is 0 Å². The maximum absolute atomic E-state index is 12.8. The number of methoxy groups -OCH3 is 2. The number of hydrogen-bond acceptors (Lipinski definition) is 11. The molecule has 1 heterocycles. The number of ether oxygens (including phenoxy) is 3. The minimum absolute atomic E-state index is 0.0772. The molecule has 0 atom stereocenters. The molecule has 13 heteroatoms. The highest BCUT2D eigenvalue weighted by Gasteiger charge is 2.19. The third kappa shape index (κ3) is 6.32. The van der Waals surface area contributed by atoms with Crippen LogP contribution in [0.4, 0.5) is 23.1 Å². The summed E-state index contributed by atoms with van der Waals surface area (Å²) >= 11 is 0. The number of benzene rings is 3. The third-order valence-electron chi connectivity index (χ3n) is 5.82. The number of rotatable bonds is 10. The molecule has 12 nitrogen and oxygen atoms in total. The number of nitrogens with zero attached hydrogens (tertiary/aromatic N) is 2. The smallest absolute Gasteiger partial charge is 0.262 e. The molecule has 1 aromatic heterocycles. The summed E-state index contributed by atoms with van der Waals surface area (Å²) in [6.45, 7) is -0.365. The van der Waals surface area contributed by atoms with Crippen LogP contribution in [-0.2, 0) is 21.1 Å². The Kier molecular flexibility index (Phi) is 8.24. The Morgan fingerprint density at radius 3 is 2.02 bits per heavy atom. The van der Waals surface area contributed by atoms with E-state index in [1.807, 2.05) is 0 Å². The summed E-state index contributed by atoms with van der Waals surface area (Å²) in [4.78, 5) is 20.7. The van der Waals surface area contributed by atoms with Crippen molar-refractivity contribution in [2.75, 3.05) is 43.3 Å². The van der Waals surface area contributed by atoms with Gasteiger partial charge in [0.2, 0.25) is 21.5 Å². The first kappa shape index (κ1) is 28.0. The number of hydrogen-bond donors (Lipinski definition) is 4. The van der Waals surface area contributed by atoms with Crippen LogP contribution in [-0.4, -0.2) is 45.1 Å². The molecule has 3 aromatic carbocycles. The van der Waals surface area contributed by atoms with Crippen LogP contribution in [0.15, 0.2) is 76.7 Å². The van der Waals surface area contributed by atoms with Gasteiger partial charge in [-0.2, -0.15) is 4.98 Å². The summed E-state index contributed by atoms with van der Waals surface area (Å²) in [5.41, 5.74) is 19.5. The van der Waals surface area contributed by atoms with Gasteiger partial charge in [0.05, 0.1) is 24.0 Å². The number of nitrogens with one attached hydrogen (secondary N) is 1. The standard InChI is InChI=1S/C27H28N6O6S/c1-37-22-12-16(11-17-14-31-27(30)33-26(17)29)13-23(38-2)25(22)39-15-24(34)32-19-5-9-21(10-6-19)40(35,36)20-7-3-18(28)4-8-20/h3-10,12-14H,11,15,28H2,1-2H3,(H,32,34)(H4,29,30,31,33). The molecule has 4 aromatic rings. The molecule has 0 fully saturated rings. The molecule has 0 unspecified atom stereocenters. The van der Waals surface area contributed by atoms with E-state index in [1.54, 1.807) is 18.3 Å². The SMILES string of the molecule is COc1cc(Cc2cnc(N)nc2N)cc(OC)c1OCC(=O)Nc1ccc(S(=O)(=O)c2ccc(N)cc2)cc1. The van der Waals surface area contributed by atoms with Crippen molar-refractivity contribution in [1.82, 2.24) is 9.97 Å². The highest BCUT2D eigenvalue weighted by molar-refractivity contribution is 7.91. The van der Waals surface area contributed by atoms with Gasteiger partial charge in [-0.3, -0.25) is 4.79 Å². The minimum atomic E-state index is -3.73. The van der Waals surface area contributed by atoms with Crippen LogP contribution in [0, 0.1) is 0 Å². The molecule has 7 N–H and O–H groups in total. The first-order chi connectivity index (χ1) is 19.1. The Bertz CT molecular complexity index is 1600. The van der Waals surface area contributed by atoms with Gasteiger partial charge in [-0.05, 0) is 66.2 Å². The zero-order chi connectivity index (χ0) is 28.9. The third-order valence-corrected chi connectivity index (χ3v) is 7.60. The van der Waals surface area contributed by atoms with Crippen LogP contribution in [0.1, 0.15) is 11.1 Å². The predicted molar refractivity (Wildman–Crippen MR) is 150 cm³/mol. The Balaban J connectivity index is 1.43. The molecule has 0 spiro atoms. The Morgan fingerprint density at radius 2 is 1.48 bits per heavy atom. The Labute approximate surface area is 231 Å². The van der Waals surface area contributed by atoms with E-state index in [0.29, 0.717) is 34.9 Å². The second kappa shape index (κ2) is 11.8. The van der Waals surface area contributed by atoms with E-state index in [9.17, 15) is 13.2 Å². The molecule has 0 aliphatic heterocycles. The quantitative estimate of drug-likeness (QED) is 0.207. The normalized spacial score (nSPS) is 11.1. The van der Waals surface area contributed by atoms with Gasteiger partial charge in [0.25, 0.3) is 5.91 Å². The molecule has 208 valence electrons. The van der Waals surface area contributed by atoms with Gasteiger partial charge in [-0.25, -0.2) is 13.4 Å². The zero-order valence-electron chi connectivity index (χ0n) is 21.7. The second-order valence-electron chi connectivity index (χ2n) is 8.58. The van der Waals surface area contributed by atoms with Crippen LogP contribution in [0.5, 0.6) is 17.2 Å². The van der Waals surface area contributed by atoms with Gasteiger partial charge in [-0.1, -0.05) is 0 Å². The lowest BCUT2D eigenvalue weighted by molar-refractivity contribution is -0.118. The van der Waals surface area contributed by atoms with E-state index >= 15 is 0 Å². The van der Waals surface area contributed by atoms with E-state index < -0.39 is 15.7 Å². The first-order valence-electron chi connectivity index (χ1n) is 11.9. The predicted octanol–water partition coefficient (Wildman–Crippen LogP) is 2.68. The van der Waals surface area contributed by atoms with Crippen molar-refractivity contribution in [3.05, 3.63) is 78.0 Å². The van der Waals surface area contributed by atoms with Gasteiger partial charge < -0.3 is 36.7 Å². The lowest BCUT2D eigenvalue weighted by Crippen LogP contribution is -2.20. The number of carbonyl (C=O) groups excluding carboxylic acids is 1. The fourth-order valence-electron chi connectivity index (χ4n) is 3.80. The molecule has 0 saturated carbocycles. The molecule has 40 heavy (non-hydrogen) atoms. The van der Waals surface area contributed by atoms with Crippen LogP contribution < -0.4 is 36.7 Å². The summed E-state index contributed by atoms with van der Waals surface area (Å²) in [7, 11) is -0.802. The van der Waals surface area contributed by atoms with Crippen molar-refractivity contribution in [2.24, 2.45) is 0 Å². The molecule has 0 aliphatic carbocycles. The van der Waals surface area contributed by atoms with Crippen LogP contribution >= 0.6 is 0 Å². The average Bonchev–Trinajstić information content (AvgIpc) is 2.93. The van der Waals surface area contributed by atoms with E-state index in [1.165, 1.54) is 62.8 Å². The van der Waals surface area contributed by atoms with E-state index in [2.05, 4.69) is 15.3 Å². The maximum atomic E-state index is 12.8. The van der Waals surface area contributed by atoms with Crippen LogP contribution in [0.3, 0.4) is 0 Å². The number of sulfone groups is 1. The van der Waals surface area contributed by atoms with Crippen molar-refractivity contribution < 1.29 is 27.4 Å². The summed E-state index contributed by atoms with van der Waals surface area (Å²) < 4.78 is 42.3. The zero-order valence-corrected chi connectivity index (χ0v) is 22.6. The van der Waals surface area contributed by atoms with Crippen molar-refractivity contribution in [3.8, 4) is 17.2 Å². The van der Waals surface area contributed by atoms with Crippen molar-refractivity contribution in [3.63, 3.8) is 0 Å². The van der Waals surface area contributed by atoms with Crippen LogP contribution in [0.2, 0.25) is 0 Å². The van der Waals surface area contributed by atoms with Gasteiger partial charge >= 0.3 is 0 Å². The first-order valence-corrected chi connectivity index (χ1v) is 13.3. The van der Waals surface area contributed by atoms with Crippen LogP contribution in [0.25, 0.3) is 0 Å². The number of carbonyl (C=O) groups is 1. The number of amides is 1. The largest absolute Gasteiger partial charge is 0.493 e. The number of nitrogens with two attached hydrogens (primary N) is 3. The number of anilines is 4. The monoisotopic (exact) mass is 564 g/mol. The second-order valence-corrected chi connectivity index (χ2v) is 10.5. The molecule has 0 saturated heterocycles. The molecular formula is C27H28N6O6S. The summed E-state index contributed by atoms with van der Waals surface area (Å²) in [5, 5.41) is 2.67. The molecule has 1 amide bonds. The fraction of sp³-hybridized carbons (Fsp3) is 0.148. The average molecular weight is 565 g/mol. The fourth-order valence-corrected chi connectivity index (χ4v) is 5.07. The van der Waals surface area contributed by atoms with E-state index in [0.717, 1.165) is 5.56 Å². The van der Waals surface area contributed by atoms with E-state index in [-0.39, 0.29) is 33.9 Å². The van der Waals surface area contributed by atoms with Gasteiger partial charge in [0.1, 0.15) is 5.82 Å². The van der Waals surface area contributed by atoms with Crippen molar-refractivity contribution >= 4 is 38.9 Å². The highest BCUT2D eigenvalue weighted by Crippen LogP contribution is 2.39. The molecule has 0 bridgehead atoms. The Morgan fingerprint density at radius 1 is 0.900 bits per heavy atom. The molecule has 0 aliphatic rings. The lowest BCUT2D eigenvalue weighted by atomic mass is 10.1. The topological polar surface area (TPSA) is 195 Å². The van der Waals surface area contributed by atoms with Gasteiger partial charge in [0, 0.05) is 29.6 Å². The number of nitrogen functional groups attached to an aromatic ring is 3. The van der Waals surface area contributed by atoms with Crippen molar-refractivity contribution in [2.45, 2.75) is 16.2 Å². The number of aromatic nitrogens is 2. The summed E-state index contributed by atoms with van der Waals surface area (Å²) in [5.74, 6) is 0.781. The molecule has 4 rings (SSSR count). The maximum Gasteiger partial charge on any atom is 0.262 e. The molecular weight excluding hydrogens is 536 g/mol. The lowest BCUT2D eigenvalue weighted by Gasteiger charge is -2.16. The van der Waals surface area contributed by atoms with Gasteiger partial charge in [-0.15, -0.1) is 0 Å². The van der Waals surface area contributed by atoms with Gasteiger partial charge in [0.15, 0.2) is 18.1 Å².